The maximum absolute atomic E-state index is 14.1. The number of hydrogen-bond acceptors (Lipinski definition) is 1. The Kier molecular flexibility index (Phi) is 9.70. The summed E-state index contributed by atoms with van der Waals surface area (Å²) in [6.45, 7) is 2.30. The molecular formula is C28H42FN. The average molecular weight is 412 g/mol. The highest BCUT2D eigenvalue weighted by molar-refractivity contribution is 5.32. The second-order valence-corrected chi connectivity index (χ2v) is 10.2. The number of unbranched alkanes of at least 4 members (excludes halogenated alkanes) is 4. The first-order valence-electron chi connectivity index (χ1n) is 12.9. The summed E-state index contributed by atoms with van der Waals surface area (Å²) < 4.78 is 14.1. The van der Waals surface area contributed by atoms with E-state index in [2.05, 4.69) is 6.92 Å². The fraction of sp³-hybridized carbons (Fsp3) is 0.750. The second-order valence-electron chi connectivity index (χ2n) is 10.2. The minimum Gasteiger partial charge on any atom is -0.207 e. The number of hydrogen-bond donors (Lipinski definition) is 0. The van der Waals surface area contributed by atoms with Crippen LogP contribution < -0.4 is 0 Å². The summed E-state index contributed by atoms with van der Waals surface area (Å²) in [6.07, 6.45) is 21.9. The molecule has 0 aliphatic heterocycles. The molecule has 2 fully saturated rings. The molecule has 2 heteroatoms. The van der Waals surface area contributed by atoms with Gasteiger partial charge in [0, 0.05) is 0 Å². The van der Waals surface area contributed by atoms with Crippen molar-refractivity contribution in [2.24, 2.45) is 23.7 Å². The number of halogens is 1. The third-order valence-electron chi connectivity index (χ3n) is 8.17. The van der Waals surface area contributed by atoms with Crippen LogP contribution >= 0.6 is 0 Å². The van der Waals surface area contributed by atoms with Crippen LogP contribution in [0, 0.1) is 40.8 Å². The third-order valence-corrected chi connectivity index (χ3v) is 8.17. The molecule has 3 rings (SSSR count). The van der Waals surface area contributed by atoms with Gasteiger partial charge in [-0.05, 0) is 79.9 Å². The van der Waals surface area contributed by atoms with Gasteiger partial charge in [-0.2, -0.15) is 5.26 Å². The summed E-state index contributed by atoms with van der Waals surface area (Å²) in [4.78, 5) is 0. The molecule has 0 aromatic heterocycles. The lowest BCUT2D eigenvalue weighted by Gasteiger charge is -2.38. The molecule has 0 unspecified atom stereocenters. The predicted octanol–water partition coefficient (Wildman–Crippen LogP) is 8.60. The Bertz CT molecular complexity index is 660. The molecule has 166 valence electrons. The molecule has 30 heavy (non-hydrogen) atoms. The van der Waals surface area contributed by atoms with E-state index in [1.807, 2.05) is 12.1 Å². The van der Waals surface area contributed by atoms with Gasteiger partial charge < -0.3 is 0 Å². The molecular weight excluding hydrogens is 369 g/mol. The fourth-order valence-electron chi connectivity index (χ4n) is 6.11. The molecule has 0 bridgehead atoms. The van der Waals surface area contributed by atoms with Crippen LogP contribution in [-0.4, -0.2) is 0 Å². The van der Waals surface area contributed by atoms with E-state index in [0.29, 0.717) is 5.56 Å². The van der Waals surface area contributed by atoms with Crippen LogP contribution in [0.1, 0.15) is 114 Å². The lowest BCUT2D eigenvalue weighted by atomic mass is 9.68. The largest absolute Gasteiger partial charge is 0.207 e. The van der Waals surface area contributed by atoms with Gasteiger partial charge in [0.1, 0.15) is 5.82 Å². The van der Waals surface area contributed by atoms with Crippen LogP contribution in [0.2, 0.25) is 0 Å². The van der Waals surface area contributed by atoms with Gasteiger partial charge >= 0.3 is 0 Å². The molecule has 0 spiro atoms. The molecule has 2 aliphatic carbocycles. The van der Waals surface area contributed by atoms with Crippen molar-refractivity contribution < 1.29 is 4.39 Å². The monoisotopic (exact) mass is 411 g/mol. The lowest BCUT2D eigenvalue weighted by molar-refractivity contribution is 0.140. The summed E-state index contributed by atoms with van der Waals surface area (Å²) in [5.41, 5.74) is 1.20. The van der Waals surface area contributed by atoms with Crippen molar-refractivity contribution in [2.75, 3.05) is 0 Å². The fourth-order valence-corrected chi connectivity index (χ4v) is 6.11. The zero-order valence-electron chi connectivity index (χ0n) is 19.2. The summed E-state index contributed by atoms with van der Waals surface area (Å²) in [7, 11) is 0. The molecule has 2 saturated carbocycles. The van der Waals surface area contributed by atoms with Crippen LogP contribution in [0.15, 0.2) is 18.2 Å². The van der Waals surface area contributed by atoms with Gasteiger partial charge in [-0.1, -0.05) is 77.2 Å². The van der Waals surface area contributed by atoms with Crippen LogP contribution in [-0.2, 0) is 6.42 Å². The van der Waals surface area contributed by atoms with E-state index in [4.69, 9.17) is 5.26 Å². The van der Waals surface area contributed by atoms with Crippen LogP contribution in [0.5, 0.6) is 0 Å². The normalized spacial score (nSPS) is 27.0. The van der Waals surface area contributed by atoms with Crippen molar-refractivity contribution in [2.45, 2.75) is 110 Å². The van der Waals surface area contributed by atoms with Crippen molar-refractivity contribution in [3.63, 3.8) is 0 Å². The van der Waals surface area contributed by atoms with E-state index in [9.17, 15) is 4.39 Å². The quantitative estimate of drug-likeness (QED) is 0.353. The Hall–Kier alpha value is -1.36. The molecule has 0 N–H and O–H groups in total. The standard InChI is InChI=1S/C28H42FN/c1-2-3-4-5-6-7-22-8-14-25(15-9-22)26-16-10-23(11-17-26)12-18-27-19-13-24(21-30)20-28(27)29/h13,19-20,22-23,25-26H,2-12,14-18H2,1H3/t22-,23?,25-,26?. The number of nitriles is 1. The molecule has 0 heterocycles. The maximum atomic E-state index is 14.1. The van der Waals surface area contributed by atoms with Crippen molar-refractivity contribution >= 4 is 0 Å². The van der Waals surface area contributed by atoms with E-state index in [-0.39, 0.29) is 5.82 Å². The summed E-state index contributed by atoms with van der Waals surface area (Å²) >= 11 is 0. The smallest absolute Gasteiger partial charge is 0.127 e. The number of nitrogens with zero attached hydrogens (tertiary/aromatic N) is 1. The Morgan fingerprint density at radius 3 is 2.00 bits per heavy atom. The number of aryl methyl sites for hydroxylation is 1. The van der Waals surface area contributed by atoms with Crippen molar-refractivity contribution in [3.8, 4) is 6.07 Å². The van der Waals surface area contributed by atoms with Crippen LogP contribution in [0.3, 0.4) is 0 Å². The zero-order valence-corrected chi connectivity index (χ0v) is 19.2. The third kappa shape index (κ3) is 7.11. The van der Waals surface area contributed by atoms with Crippen molar-refractivity contribution in [3.05, 3.63) is 35.1 Å². The van der Waals surface area contributed by atoms with Gasteiger partial charge in [0.15, 0.2) is 0 Å². The Morgan fingerprint density at radius 2 is 1.43 bits per heavy atom. The van der Waals surface area contributed by atoms with Crippen molar-refractivity contribution in [1.29, 1.82) is 5.26 Å². The first-order chi connectivity index (χ1) is 14.7. The molecule has 1 nitrogen and oxygen atoms in total. The molecule has 2 aliphatic rings. The molecule has 0 saturated heterocycles. The average Bonchev–Trinajstić information content (AvgIpc) is 2.79. The highest BCUT2D eigenvalue weighted by Crippen LogP contribution is 2.43. The lowest BCUT2D eigenvalue weighted by Crippen LogP contribution is -2.26. The van der Waals surface area contributed by atoms with Gasteiger partial charge in [0.05, 0.1) is 11.6 Å². The van der Waals surface area contributed by atoms with Gasteiger partial charge in [-0.15, -0.1) is 0 Å². The Morgan fingerprint density at radius 1 is 0.833 bits per heavy atom. The first-order valence-corrected chi connectivity index (χ1v) is 12.9. The van der Waals surface area contributed by atoms with Gasteiger partial charge in [-0.25, -0.2) is 4.39 Å². The number of benzene rings is 1. The first kappa shape index (κ1) is 23.3. The van der Waals surface area contributed by atoms with Crippen LogP contribution in [0.4, 0.5) is 4.39 Å². The van der Waals surface area contributed by atoms with E-state index in [1.54, 1.807) is 6.07 Å². The predicted molar refractivity (Wildman–Crippen MR) is 124 cm³/mol. The van der Waals surface area contributed by atoms with Crippen molar-refractivity contribution in [1.82, 2.24) is 0 Å². The minimum atomic E-state index is -0.204. The summed E-state index contributed by atoms with van der Waals surface area (Å²) in [6, 6.07) is 6.95. The van der Waals surface area contributed by atoms with E-state index in [1.165, 1.54) is 96.0 Å². The zero-order chi connectivity index (χ0) is 21.2. The summed E-state index contributed by atoms with van der Waals surface area (Å²) in [5.74, 6) is 3.51. The topological polar surface area (TPSA) is 23.8 Å². The van der Waals surface area contributed by atoms with Gasteiger partial charge in [0.2, 0.25) is 0 Å². The van der Waals surface area contributed by atoms with Gasteiger partial charge in [0.25, 0.3) is 0 Å². The van der Waals surface area contributed by atoms with Crippen LogP contribution in [0.25, 0.3) is 0 Å². The molecule has 0 amide bonds. The van der Waals surface area contributed by atoms with Gasteiger partial charge in [-0.3, -0.25) is 0 Å². The SMILES string of the molecule is CCCCCCC[C@H]1CC[C@H](C2CCC(CCc3ccc(C#N)cc3F)CC2)CC1. The molecule has 0 radical (unpaired) electrons. The number of rotatable bonds is 10. The molecule has 1 aromatic carbocycles. The van der Waals surface area contributed by atoms with E-state index >= 15 is 0 Å². The maximum Gasteiger partial charge on any atom is 0.127 e. The van der Waals surface area contributed by atoms with E-state index in [0.717, 1.165) is 42.1 Å². The highest BCUT2D eigenvalue weighted by Gasteiger charge is 2.30. The highest BCUT2D eigenvalue weighted by atomic mass is 19.1. The second kappa shape index (κ2) is 12.5. The van der Waals surface area contributed by atoms with E-state index < -0.39 is 0 Å². The Labute approximate surface area is 184 Å². The Balaban J connectivity index is 1.31. The summed E-state index contributed by atoms with van der Waals surface area (Å²) in [5, 5.41) is 8.88. The minimum absolute atomic E-state index is 0.204. The molecule has 1 aromatic rings. The molecule has 0 atom stereocenters.